The summed E-state index contributed by atoms with van der Waals surface area (Å²) in [6.07, 6.45) is 4.57. The molecule has 5 rings (SSSR count). The van der Waals surface area contributed by atoms with Crippen molar-refractivity contribution < 1.29 is 4.79 Å². The van der Waals surface area contributed by atoms with E-state index in [1.807, 2.05) is 29.2 Å². The largest absolute Gasteiger partial charge is 0.337 e. The van der Waals surface area contributed by atoms with Crippen molar-refractivity contribution in [2.75, 3.05) is 13.1 Å². The Labute approximate surface area is 171 Å². The van der Waals surface area contributed by atoms with Crippen LogP contribution >= 0.6 is 0 Å². The number of piperidine rings is 1. The van der Waals surface area contributed by atoms with Gasteiger partial charge in [-0.1, -0.05) is 18.2 Å². The Hall–Kier alpha value is -3.82. The second kappa shape index (κ2) is 7.54. The van der Waals surface area contributed by atoms with Gasteiger partial charge in [0.15, 0.2) is 11.5 Å². The summed E-state index contributed by atoms with van der Waals surface area (Å²) in [6.45, 7) is 1.76. The molecule has 1 aromatic carbocycles. The smallest absolute Gasteiger partial charge is 0.274 e. The van der Waals surface area contributed by atoms with E-state index in [1.165, 1.54) is 21.8 Å². The fourth-order valence-corrected chi connectivity index (χ4v) is 3.86. The number of carbonyl (C=O) groups excluding carboxylic acids is 1. The molecule has 0 saturated carbocycles. The second-order valence-electron chi connectivity index (χ2n) is 7.41. The van der Waals surface area contributed by atoms with E-state index < -0.39 is 0 Å². The molecule has 1 saturated heterocycles. The van der Waals surface area contributed by atoms with Crippen LogP contribution in [0.1, 0.15) is 23.3 Å². The lowest BCUT2D eigenvalue weighted by Gasteiger charge is -2.31. The van der Waals surface area contributed by atoms with Gasteiger partial charge in [-0.15, -0.1) is 5.10 Å². The average molecular weight is 404 g/mol. The molecule has 10 heteroatoms. The first kappa shape index (κ1) is 18.2. The van der Waals surface area contributed by atoms with Crippen molar-refractivity contribution in [1.29, 1.82) is 0 Å². The van der Waals surface area contributed by atoms with Gasteiger partial charge in [-0.05, 0) is 30.9 Å². The van der Waals surface area contributed by atoms with Gasteiger partial charge in [0.05, 0.1) is 5.52 Å². The molecule has 1 fully saturated rings. The first-order valence-electron chi connectivity index (χ1n) is 9.84. The topological polar surface area (TPSA) is 115 Å². The Bertz CT molecular complexity index is 1240. The summed E-state index contributed by atoms with van der Waals surface area (Å²) in [5.74, 6) is 0.751. The molecule has 1 N–H and O–H groups in total. The molecule has 1 aliphatic rings. The lowest BCUT2D eigenvalue weighted by molar-refractivity contribution is 0.0676. The van der Waals surface area contributed by atoms with Crippen molar-refractivity contribution in [3.8, 4) is 5.82 Å². The van der Waals surface area contributed by atoms with Crippen LogP contribution in [0, 0.1) is 5.92 Å². The third-order valence-corrected chi connectivity index (χ3v) is 5.51. The molecule has 4 heterocycles. The number of fused-ring (bicyclic) bond motifs is 1. The lowest BCUT2D eigenvalue weighted by Crippen LogP contribution is -2.40. The van der Waals surface area contributed by atoms with Crippen molar-refractivity contribution in [2.45, 2.75) is 19.4 Å². The third-order valence-electron chi connectivity index (χ3n) is 5.51. The zero-order valence-corrected chi connectivity index (χ0v) is 16.2. The van der Waals surface area contributed by atoms with Crippen LogP contribution in [0.15, 0.2) is 53.8 Å². The van der Waals surface area contributed by atoms with Crippen LogP contribution in [0.4, 0.5) is 0 Å². The zero-order chi connectivity index (χ0) is 20.5. The summed E-state index contributed by atoms with van der Waals surface area (Å²) in [5, 5.41) is 16.4. The summed E-state index contributed by atoms with van der Waals surface area (Å²) in [4.78, 5) is 30.9. The van der Waals surface area contributed by atoms with Crippen molar-refractivity contribution >= 4 is 16.8 Å². The fourth-order valence-electron chi connectivity index (χ4n) is 3.86. The van der Waals surface area contributed by atoms with Gasteiger partial charge in [0.1, 0.15) is 12.7 Å². The summed E-state index contributed by atoms with van der Waals surface area (Å²) >= 11 is 0. The van der Waals surface area contributed by atoms with Crippen molar-refractivity contribution in [2.24, 2.45) is 5.92 Å². The number of benzene rings is 1. The van der Waals surface area contributed by atoms with Gasteiger partial charge in [-0.3, -0.25) is 14.7 Å². The van der Waals surface area contributed by atoms with E-state index in [-0.39, 0.29) is 17.4 Å². The molecule has 0 unspecified atom stereocenters. The van der Waals surface area contributed by atoms with Gasteiger partial charge >= 0.3 is 0 Å². The monoisotopic (exact) mass is 404 g/mol. The fraction of sp³-hybridized carbons (Fsp3) is 0.300. The first-order chi connectivity index (χ1) is 14.7. The quantitative estimate of drug-likeness (QED) is 0.548. The van der Waals surface area contributed by atoms with Crippen LogP contribution in [0.3, 0.4) is 0 Å². The number of H-pyrrole nitrogens is 1. The van der Waals surface area contributed by atoms with E-state index in [0.29, 0.717) is 31.1 Å². The highest BCUT2D eigenvalue weighted by molar-refractivity contribution is 6.04. The minimum Gasteiger partial charge on any atom is -0.337 e. The molecule has 0 bridgehead atoms. The maximum absolute atomic E-state index is 12.9. The molecule has 0 radical (unpaired) electrons. The summed E-state index contributed by atoms with van der Waals surface area (Å²) in [7, 11) is 0. The molecule has 0 spiro atoms. The molecular formula is C20H20N8O2. The summed E-state index contributed by atoms with van der Waals surface area (Å²) in [5.41, 5.74) is 1.16. The lowest BCUT2D eigenvalue weighted by atomic mass is 9.96. The van der Waals surface area contributed by atoms with Crippen LogP contribution < -0.4 is 5.56 Å². The minimum absolute atomic E-state index is 0.0608. The maximum Gasteiger partial charge on any atom is 0.274 e. The van der Waals surface area contributed by atoms with Crippen LogP contribution in [0.5, 0.6) is 0 Å². The predicted octanol–water partition coefficient (Wildman–Crippen LogP) is 1.25. The number of amides is 1. The van der Waals surface area contributed by atoms with Crippen LogP contribution in [0.2, 0.25) is 0 Å². The molecule has 1 aliphatic heterocycles. The molecule has 3 aromatic heterocycles. The summed E-state index contributed by atoms with van der Waals surface area (Å²) < 4.78 is 2.99. The van der Waals surface area contributed by atoms with E-state index in [0.717, 1.165) is 23.7 Å². The third kappa shape index (κ3) is 3.36. The van der Waals surface area contributed by atoms with E-state index in [4.69, 9.17) is 0 Å². The van der Waals surface area contributed by atoms with Crippen LogP contribution in [-0.4, -0.2) is 58.6 Å². The number of aromatic nitrogens is 7. The Kier molecular flexibility index (Phi) is 4.58. The molecule has 152 valence electrons. The van der Waals surface area contributed by atoms with Gasteiger partial charge in [0.25, 0.3) is 11.5 Å². The normalized spacial score (nSPS) is 15.0. The molecule has 0 atom stereocenters. The van der Waals surface area contributed by atoms with E-state index in [9.17, 15) is 9.59 Å². The van der Waals surface area contributed by atoms with E-state index >= 15 is 0 Å². The molecule has 1 amide bonds. The van der Waals surface area contributed by atoms with Gasteiger partial charge in [-0.2, -0.15) is 10.2 Å². The molecular weight excluding hydrogens is 384 g/mol. The van der Waals surface area contributed by atoms with Crippen molar-refractivity contribution in [3.63, 3.8) is 0 Å². The number of nitrogens with zero attached hydrogens (tertiary/aromatic N) is 7. The van der Waals surface area contributed by atoms with Gasteiger partial charge in [-0.25, -0.2) is 14.3 Å². The SMILES string of the molecule is O=C(c1n[nH]c2ccccc12)N1CCC(Cn2nc(-n3cncn3)ccc2=O)CC1. The van der Waals surface area contributed by atoms with Crippen molar-refractivity contribution in [1.82, 2.24) is 39.6 Å². The zero-order valence-electron chi connectivity index (χ0n) is 16.2. The maximum atomic E-state index is 12.9. The molecule has 10 nitrogen and oxygen atoms in total. The second-order valence-corrected chi connectivity index (χ2v) is 7.41. The number of hydrogen-bond acceptors (Lipinski definition) is 6. The molecule has 30 heavy (non-hydrogen) atoms. The number of likely N-dealkylation sites (tertiary alicyclic amines) is 1. The Morgan fingerprint density at radius 2 is 1.97 bits per heavy atom. The van der Waals surface area contributed by atoms with Crippen LogP contribution in [-0.2, 0) is 6.54 Å². The molecule has 0 aliphatic carbocycles. The number of rotatable bonds is 4. The Morgan fingerprint density at radius 3 is 2.77 bits per heavy atom. The van der Waals surface area contributed by atoms with Crippen molar-refractivity contribution in [3.05, 3.63) is 65.1 Å². The van der Waals surface area contributed by atoms with Gasteiger partial charge < -0.3 is 4.90 Å². The number of hydrogen-bond donors (Lipinski definition) is 1. The van der Waals surface area contributed by atoms with Gasteiger partial charge in [0, 0.05) is 31.1 Å². The van der Waals surface area contributed by atoms with E-state index in [2.05, 4.69) is 25.4 Å². The minimum atomic E-state index is -0.152. The number of para-hydroxylation sites is 1. The first-order valence-corrected chi connectivity index (χ1v) is 9.84. The average Bonchev–Trinajstić information content (AvgIpc) is 3.46. The van der Waals surface area contributed by atoms with E-state index in [1.54, 1.807) is 12.4 Å². The number of aromatic amines is 1. The van der Waals surface area contributed by atoms with Gasteiger partial charge in [0.2, 0.25) is 0 Å². The Balaban J connectivity index is 1.26. The predicted molar refractivity (Wildman–Crippen MR) is 108 cm³/mol. The summed E-state index contributed by atoms with van der Waals surface area (Å²) in [6, 6.07) is 10.7. The Morgan fingerprint density at radius 1 is 1.13 bits per heavy atom. The molecule has 4 aromatic rings. The highest BCUT2D eigenvalue weighted by Gasteiger charge is 2.26. The number of carbonyl (C=O) groups is 1. The highest BCUT2D eigenvalue weighted by atomic mass is 16.2. The standard InChI is InChI=1S/C20H20N8O2/c29-18-6-5-17(28-13-21-12-22-28)25-27(18)11-14-7-9-26(10-8-14)20(30)19-15-3-1-2-4-16(15)23-24-19/h1-6,12-14H,7-11H2,(H,23,24). The van der Waals surface area contributed by atoms with Crippen LogP contribution in [0.25, 0.3) is 16.7 Å². The highest BCUT2D eigenvalue weighted by Crippen LogP contribution is 2.22. The number of nitrogens with one attached hydrogen (secondary N) is 1.